The standard InChI is InChI=1S/C23H20BrN5O9S/c1-12(30)38-18(23(24)20(33)28-16(19(31)32)11-39-21(23)28)15-8-26-6-7-27(9-17(26)25-15)22(34)37-10-13-2-4-14(5-3-13)29(35)36/h2-5,8,11,18,21H,6-7,9-10H2,1H3,(H,31,32)/t18?,21-,23?/m1/s1. The number of halogens is 1. The van der Waals surface area contributed by atoms with E-state index >= 15 is 0 Å². The molecule has 3 aliphatic heterocycles. The highest BCUT2D eigenvalue weighted by Gasteiger charge is 2.69. The SMILES string of the molecule is CC(=O)OC(c1cn2c(n1)CN(C(=O)OCc1ccc([N+](=O)[O-])cc1)CC2)C1(Br)C(=O)N2C(C(=O)O)=CS[C@@H]21. The molecule has 0 aliphatic carbocycles. The van der Waals surface area contributed by atoms with E-state index in [0.29, 0.717) is 24.5 Å². The molecule has 1 aromatic carbocycles. The van der Waals surface area contributed by atoms with Crippen LogP contribution in [0.4, 0.5) is 10.5 Å². The summed E-state index contributed by atoms with van der Waals surface area (Å²) in [5, 5.41) is 20.9. The minimum atomic E-state index is -1.44. The number of amides is 2. The number of carbonyl (C=O) groups is 4. The molecular weight excluding hydrogens is 602 g/mol. The maximum atomic E-state index is 13.1. The van der Waals surface area contributed by atoms with E-state index in [-0.39, 0.29) is 30.2 Å². The average molecular weight is 622 g/mol. The van der Waals surface area contributed by atoms with Crippen LogP contribution in [-0.2, 0) is 43.6 Å². The lowest BCUT2D eigenvalue weighted by molar-refractivity contribution is -0.384. The molecule has 0 bridgehead atoms. The van der Waals surface area contributed by atoms with Crippen molar-refractivity contribution in [3.8, 4) is 0 Å². The fraction of sp³-hybridized carbons (Fsp3) is 0.348. The molecule has 16 heteroatoms. The van der Waals surface area contributed by atoms with Crippen molar-refractivity contribution in [2.75, 3.05) is 6.54 Å². The van der Waals surface area contributed by atoms with Gasteiger partial charge in [-0.1, -0.05) is 15.9 Å². The Balaban J connectivity index is 1.29. The highest BCUT2D eigenvalue weighted by molar-refractivity contribution is 9.10. The Bertz CT molecular complexity index is 1430. The molecule has 4 heterocycles. The van der Waals surface area contributed by atoms with E-state index in [0.717, 1.165) is 16.7 Å². The van der Waals surface area contributed by atoms with Crippen molar-refractivity contribution in [3.63, 3.8) is 0 Å². The largest absolute Gasteiger partial charge is 0.477 e. The molecule has 39 heavy (non-hydrogen) atoms. The Labute approximate surface area is 232 Å². The fourth-order valence-electron chi connectivity index (χ4n) is 4.53. The molecule has 0 spiro atoms. The number of aromatic nitrogens is 2. The highest BCUT2D eigenvalue weighted by Crippen LogP contribution is 2.57. The second-order valence-electron chi connectivity index (χ2n) is 8.90. The summed E-state index contributed by atoms with van der Waals surface area (Å²) in [6, 6.07) is 5.67. The van der Waals surface area contributed by atoms with Crippen LogP contribution in [0, 0.1) is 10.1 Å². The number of nitrogens with zero attached hydrogens (tertiary/aromatic N) is 5. The van der Waals surface area contributed by atoms with Crippen LogP contribution in [0.2, 0.25) is 0 Å². The predicted molar refractivity (Wildman–Crippen MR) is 136 cm³/mol. The number of carbonyl (C=O) groups excluding carboxylic acids is 3. The number of carboxylic acids is 1. The summed E-state index contributed by atoms with van der Waals surface area (Å²) in [5.41, 5.74) is 0.642. The molecule has 1 N–H and O–H groups in total. The number of hydrogen-bond donors (Lipinski definition) is 1. The number of nitro benzene ring substituents is 1. The Morgan fingerprint density at radius 2 is 2.03 bits per heavy atom. The smallest absolute Gasteiger partial charge is 0.410 e. The zero-order valence-electron chi connectivity index (χ0n) is 20.2. The number of alkyl halides is 1. The molecular formula is C23H20BrN5O9S. The average Bonchev–Trinajstić information content (AvgIpc) is 3.52. The van der Waals surface area contributed by atoms with Gasteiger partial charge < -0.3 is 19.1 Å². The molecule has 1 aromatic heterocycles. The molecule has 5 rings (SSSR count). The second kappa shape index (κ2) is 10.00. The molecule has 14 nitrogen and oxygen atoms in total. The van der Waals surface area contributed by atoms with Gasteiger partial charge in [-0.2, -0.15) is 0 Å². The monoisotopic (exact) mass is 621 g/mol. The van der Waals surface area contributed by atoms with Gasteiger partial charge in [-0.25, -0.2) is 14.6 Å². The summed E-state index contributed by atoms with van der Waals surface area (Å²) < 4.78 is 11.2. The first-order valence-electron chi connectivity index (χ1n) is 11.5. The third-order valence-corrected chi connectivity index (χ3v) is 9.14. The van der Waals surface area contributed by atoms with E-state index in [9.17, 15) is 34.4 Å². The van der Waals surface area contributed by atoms with E-state index in [2.05, 4.69) is 20.9 Å². The number of esters is 1. The topological polar surface area (TPSA) is 174 Å². The van der Waals surface area contributed by atoms with Gasteiger partial charge in [0.2, 0.25) is 0 Å². The molecule has 3 atom stereocenters. The number of hydrogen-bond acceptors (Lipinski definition) is 10. The lowest BCUT2D eigenvalue weighted by Crippen LogP contribution is -2.70. The van der Waals surface area contributed by atoms with Crippen LogP contribution < -0.4 is 0 Å². The molecule has 2 amide bonds. The van der Waals surface area contributed by atoms with Crippen molar-refractivity contribution in [3.05, 3.63) is 68.8 Å². The van der Waals surface area contributed by atoms with Crippen molar-refractivity contribution in [2.45, 2.75) is 42.4 Å². The van der Waals surface area contributed by atoms with E-state index in [1.165, 1.54) is 41.5 Å². The van der Waals surface area contributed by atoms with Crippen molar-refractivity contribution in [1.29, 1.82) is 0 Å². The van der Waals surface area contributed by atoms with E-state index in [1.54, 1.807) is 10.8 Å². The summed E-state index contributed by atoms with van der Waals surface area (Å²) in [7, 11) is 0. The number of carboxylic acid groups (broad SMARTS) is 1. The fourth-order valence-corrected chi connectivity index (χ4v) is 6.80. The lowest BCUT2D eigenvalue weighted by Gasteiger charge is -2.51. The Morgan fingerprint density at radius 1 is 1.31 bits per heavy atom. The minimum Gasteiger partial charge on any atom is -0.477 e. The number of non-ortho nitro benzene ring substituents is 1. The van der Waals surface area contributed by atoms with Crippen molar-refractivity contribution >= 4 is 57.3 Å². The molecule has 0 radical (unpaired) electrons. The van der Waals surface area contributed by atoms with Crippen LogP contribution in [0.15, 0.2) is 41.6 Å². The minimum absolute atomic E-state index is 0.0671. The number of fused-ring (bicyclic) bond motifs is 2. The van der Waals surface area contributed by atoms with Crippen LogP contribution in [0.1, 0.15) is 30.1 Å². The second-order valence-corrected chi connectivity index (χ2v) is 11.2. The molecule has 3 aliphatic rings. The number of benzene rings is 1. The lowest BCUT2D eigenvalue weighted by atomic mass is 9.89. The highest BCUT2D eigenvalue weighted by atomic mass is 79.9. The van der Waals surface area contributed by atoms with Gasteiger partial charge in [-0.15, -0.1) is 11.8 Å². The van der Waals surface area contributed by atoms with Gasteiger partial charge in [0.15, 0.2) is 10.4 Å². The summed E-state index contributed by atoms with van der Waals surface area (Å²) in [5.74, 6) is -1.99. The van der Waals surface area contributed by atoms with Crippen LogP contribution >= 0.6 is 27.7 Å². The Kier molecular flexibility index (Phi) is 6.84. The summed E-state index contributed by atoms with van der Waals surface area (Å²) in [4.78, 5) is 66.7. The molecule has 0 saturated carbocycles. The van der Waals surface area contributed by atoms with Gasteiger partial charge in [0, 0.05) is 43.8 Å². The zero-order chi connectivity index (χ0) is 28.1. The Hall–Kier alpha value is -3.92. The van der Waals surface area contributed by atoms with Crippen LogP contribution in [0.25, 0.3) is 0 Å². The third kappa shape index (κ3) is 4.63. The maximum absolute atomic E-state index is 13.1. The molecule has 1 saturated heterocycles. The van der Waals surface area contributed by atoms with E-state index < -0.39 is 44.7 Å². The van der Waals surface area contributed by atoms with Crippen LogP contribution in [0.3, 0.4) is 0 Å². The van der Waals surface area contributed by atoms with Crippen molar-refractivity contribution in [2.24, 2.45) is 0 Å². The van der Waals surface area contributed by atoms with Gasteiger partial charge >= 0.3 is 18.0 Å². The maximum Gasteiger partial charge on any atom is 0.410 e. The summed E-state index contributed by atoms with van der Waals surface area (Å²) in [6.07, 6.45) is -0.109. The first-order chi connectivity index (χ1) is 18.5. The normalized spacial score (nSPS) is 22.3. The zero-order valence-corrected chi connectivity index (χ0v) is 22.6. The first kappa shape index (κ1) is 26.7. The van der Waals surface area contributed by atoms with Gasteiger partial charge in [0.25, 0.3) is 11.6 Å². The summed E-state index contributed by atoms with van der Waals surface area (Å²) >= 11 is 4.57. The van der Waals surface area contributed by atoms with Crippen LogP contribution in [0.5, 0.6) is 0 Å². The van der Waals surface area contributed by atoms with Gasteiger partial charge in [0.05, 0.1) is 11.5 Å². The van der Waals surface area contributed by atoms with Gasteiger partial charge in [0.1, 0.15) is 29.2 Å². The molecule has 2 aromatic rings. The third-order valence-electron chi connectivity index (χ3n) is 6.45. The summed E-state index contributed by atoms with van der Waals surface area (Å²) in [6.45, 7) is 1.88. The van der Waals surface area contributed by atoms with Gasteiger partial charge in [-0.3, -0.25) is 29.5 Å². The number of thioether (sulfide) groups is 1. The Morgan fingerprint density at radius 3 is 2.67 bits per heavy atom. The number of aliphatic carboxylic acids is 1. The molecule has 2 unspecified atom stereocenters. The number of β-lactam (4-membered cyclic amide) rings is 1. The molecule has 1 fully saturated rings. The number of rotatable bonds is 7. The first-order valence-corrected chi connectivity index (χ1v) is 13.2. The van der Waals surface area contributed by atoms with Crippen molar-refractivity contribution < 1.29 is 38.7 Å². The van der Waals surface area contributed by atoms with Crippen LogP contribution in [-0.4, -0.2) is 69.6 Å². The number of imidazole rings is 1. The van der Waals surface area contributed by atoms with Gasteiger partial charge in [-0.05, 0) is 17.7 Å². The van der Waals surface area contributed by atoms with Crippen molar-refractivity contribution in [1.82, 2.24) is 19.4 Å². The van der Waals surface area contributed by atoms with E-state index in [4.69, 9.17) is 9.47 Å². The predicted octanol–water partition coefficient (Wildman–Crippen LogP) is 2.52. The number of nitro groups is 1. The molecule has 204 valence electrons. The quantitative estimate of drug-likeness (QED) is 0.158. The number of ether oxygens (including phenoxy) is 2. The van der Waals surface area contributed by atoms with E-state index in [1.807, 2.05) is 0 Å².